The van der Waals surface area contributed by atoms with Gasteiger partial charge in [-0.15, -0.1) is 11.6 Å². The van der Waals surface area contributed by atoms with Gasteiger partial charge in [0.25, 0.3) is 0 Å². The molecule has 0 aliphatic carbocycles. The number of alkyl halides is 1. The van der Waals surface area contributed by atoms with Crippen molar-refractivity contribution < 1.29 is 17.5 Å². The van der Waals surface area contributed by atoms with Crippen LogP contribution in [0.3, 0.4) is 0 Å². The molecule has 112 valence electrons. The van der Waals surface area contributed by atoms with Crippen LogP contribution in [0.15, 0.2) is 17.0 Å². The van der Waals surface area contributed by atoms with Crippen molar-refractivity contribution in [3.63, 3.8) is 0 Å². The summed E-state index contributed by atoms with van der Waals surface area (Å²) in [6, 6.07) is 2.50. The summed E-state index contributed by atoms with van der Waals surface area (Å²) in [6.07, 6.45) is 0.645. The van der Waals surface area contributed by atoms with Gasteiger partial charge in [0.2, 0.25) is 10.0 Å². The maximum atomic E-state index is 13.8. The standard InChI is InChI=1S/C13H17ClFNO3S/c1-9-12(15)5-10(7-14)6-13(9)20(17,18)16(2)11-3-4-19-8-11/h5-6,11H,3-4,7-8H2,1-2H3. The van der Waals surface area contributed by atoms with Gasteiger partial charge < -0.3 is 4.74 Å². The molecule has 1 atom stereocenters. The number of nitrogens with zero attached hydrogens (tertiary/aromatic N) is 1. The van der Waals surface area contributed by atoms with Crippen molar-refractivity contribution in [2.24, 2.45) is 0 Å². The van der Waals surface area contributed by atoms with E-state index in [2.05, 4.69) is 0 Å². The highest BCUT2D eigenvalue weighted by Gasteiger charge is 2.32. The molecule has 0 saturated carbocycles. The van der Waals surface area contributed by atoms with Crippen molar-refractivity contribution in [1.29, 1.82) is 0 Å². The van der Waals surface area contributed by atoms with Gasteiger partial charge in [-0.1, -0.05) is 0 Å². The van der Waals surface area contributed by atoms with Gasteiger partial charge in [0.1, 0.15) is 5.82 Å². The molecule has 1 aromatic rings. The van der Waals surface area contributed by atoms with Crippen molar-refractivity contribution in [1.82, 2.24) is 4.31 Å². The van der Waals surface area contributed by atoms with Gasteiger partial charge in [-0.25, -0.2) is 12.8 Å². The molecule has 20 heavy (non-hydrogen) atoms. The molecule has 1 heterocycles. The van der Waals surface area contributed by atoms with E-state index in [0.717, 1.165) is 0 Å². The molecule has 1 aliphatic rings. The molecular formula is C13H17ClFNO3S. The van der Waals surface area contributed by atoms with Crippen LogP contribution in [-0.2, 0) is 20.6 Å². The van der Waals surface area contributed by atoms with Crippen LogP contribution in [-0.4, -0.2) is 39.0 Å². The van der Waals surface area contributed by atoms with Crippen LogP contribution in [0.5, 0.6) is 0 Å². The minimum absolute atomic E-state index is 0.0254. The Labute approximate surface area is 123 Å². The third-order valence-corrected chi connectivity index (χ3v) is 5.93. The first-order valence-corrected chi connectivity index (χ1v) is 8.26. The normalized spacial score (nSPS) is 19.8. The summed E-state index contributed by atoms with van der Waals surface area (Å²) in [5, 5.41) is 0. The largest absolute Gasteiger partial charge is 0.380 e. The first kappa shape index (κ1) is 15.7. The SMILES string of the molecule is Cc1c(F)cc(CCl)cc1S(=O)(=O)N(C)C1CCOC1. The van der Waals surface area contributed by atoms with E-state index in [9.17, 15) is 12.8 Å². The summed E-state index contributed by atoms with van der Waals surface area (Å²) < 4.78 is 45.5. The van der Waals surface area contributed by atoms with E-state index in [0.29, 0.717) is 25.2 Å². The Balaban J connectivity index is 2.45. The Kier molecular flexibility index (Phi) is 4.69. The minimum Gasteiger partial charge on any atom is -0.380 e. The number of hydrogen-bond acceptors (Lipinski definition) is 3. The molecule has 0 amide bonds. The molecule has 0 bridgehead atoms. The van der Waals surface area contributed by atoms with Crippen LogP contribution < -0.4 is 0 Å². The molecular weight excluding hydrogens is 305 g/mol. The molecule has 0 radical (unpaired) electrons. The van der Waals surface area contributed by atoms with Gasteiger partial charge in [0.15, 0.2) is 0 Å². The maximum absolute atomic E-state index is 13.8. The third-order valence-electron chi connectivity index (χ3n) is 3.59. The Morgan fingerprint density at radius 2 is 2.20 bits per heavy atom. The summed E-state index contributed by atoms with van der Waals surface area (Å²) in [4.78, 5) is -0.0254. The Bertz CT molecular complexity index is 600. The van der Waals surface area contributed by atoms with Crippen LogP contribution in [0, 0.1) is 12.7 Å². The molecule has 0 aromatic heterocycles. The average Bonchev–Trinajstić information content (AvgIpc) is 2.94. The van der Waals surface area contributed by atoms with Crippen LogP contribution in [0.4, 0.5) is 4.39 Å². The first-order chi connectivity index (χ1) is 9.37. The fourth-order valence-corrected chi connectivity index (χ4v) is 4.02. The Hall–Kier alpha value is -0.690. The predicted molar refractivity (Wildman–Crippen MR) is 74.9 cm³/mol. The summed E-state index contributed by atoms with van der Waals surface area (Å²) in [5.74, 6) is -0.492. The highest BCUT2D eigenvalue weighted by atomic mass is 35.5. The number of rotatable bonds is 4. The second-order valence-corrected chi connectivity index (χ2v) is 7.11. The van der Waals surface area contributed by atoms with E-state index in [4.69, 9.17) is 16.3 Å². The molecule has 0 spiro atoms. The number of hydrogen-bond donors (Lipinski definition) is 0. The molecule has 2 rings (SSSR count). The van der Waals surface area contributed by atoms with Crippen molar-refractivity contribution in [3.8, 4) is 0 Å². The zero-order valence-corrected chi connectivity index (χ0v) is 13.0. The second-order valence-electron chi connectivity index (χ2n) is 4.87. The van der Waals surface area contributed by atoms with Crippen molar-refractivity contribution >= 4 is 21.6 Å². The lowest BCUT2D eigenvalue weighted by Gasteiger charge is -2.24. The van der Waals surface area contributed by atoms with E-state index in [1.165, 1.54) is 30.4 Å². The topological polar surface area (TPSA) is 46.6 Å². The number of likely N-dealkylation sites (N-methyl/N-ethyl adjacent to an activating group) is 1. The quantitative estimate of drug-likeness (QED) is 0.799. The predicted octanol–water partition coefficient (Wildman–Crippen LogP) is 2.28. The van der Waals surface area contributed by atoms with Gasteiger partial charge in [-0.3, -0.25) is 0 Å². The van der Waals surface area contributed by atoms with E-state index < -0.39 is 15.8 Å². The monoisotopic (exact) mass is 321 g/mol. The molecule has 0 N–H and O–H groups in total. The van der Waals surface area contributed by atoms with Gasteiger partial charge in [0.05, 0.1) is 17.5 Å². The minimum atomic E-state index is -3.75. The van der Waals surface area contributed by atoms with Gasteiger partial charge in [-0.05, 0) is 31.0 Å². The van der Waals surface area contributed by atoms with Crippen molar-refractivity contribution in [2.45, 2.75) is 30.2 Å². The summed E-state index contributed by atoms with van der Waals surface area (Å²) in [5.41, 5.74) is 0.564. The Morgan fingerprint density at radius 3 is 2.75 bits per heavy atom. The lowest BCUT2D eigenvalue weighted by Crippen LogP contribution is -2.37. The van der Waals surface area contributed by atoms with Gasteiger partial charge in [-0.2, -0.15) is 4.31 Å². The van der Waals surface area contributed by atoms with Gasteiger partial charge >= 0.3 is 0 Å². The first-order valence-electron chi connectivity index (χ1n) is 6.28. The van der Waals surface area contributed by atoms with Crippen molar-refractivity contribution in [3.05, 3.63) is 29.1 Å². The average molecular weight is 322 g/mol. The molecule has 4 nitrogen and oxygen atoms in total. The van der Waals surface area contributed by atoms with Crippen LogP contribution >= 0.6 is 11.6 Å². The fourth-order valence-electron chi connectivity index (χ4n) is 2.21. The molecule has 1 saturated heterocycles. The smallest absolute Gasteiger partial charge is 0.243 e. The van der Waals surface area contributed by atoms with E-state index in [-0.39, 0.29) is 22.4 Å². The summed E-state index contributed by atoms with van der Waals surface area (Å²) in [6.45, 7) is 2.37. The number of benzene rings is 1. The van der Waals surface area contributed by atoms with Crippen molar-refractivity contribution in [2.75, 3.05) is 20.3 Å². The lowest BCUT2D eigenvalue weighted by atomic mass is 10.1. The van der Waals surface area contributed by atoms with E-state index in [1.54, 1.807) is 0 Å². The zero-order chi connectivity index (χ0) is 14.9. The molecule has 7 heteroatoms. The summed E-state index contributed by atoms with van der Waals surface area (Å²) in [7, 11) is -2.25. The van der Waals surface area contributed by atoms with Crippen LogP contribution in [0.25, 0.3) is 0 Å². The number of ether oxygens (including phenoxy) is 1. The molecule has 1 aromatic carbocycles. The lowest BCUT2D eigenvalue weighted by molar-refractivity contribution is 0.181. The maximum Gasteiger partial charge on any atom is 0.243 e. The Morgan fingerprint density at radius 1 is 1.50 bits per heavy atom. The van der Waals surface area contributed by atoms with Gasteiger partial charge in [0, 0.05) is 25.1 Å². The molecule has 1 aliphatic heterocycles. The molecule has 1 unspecified atom stereocenters. The van der Waals surface area contributed by atoms with E-state index >= 15 is 0 Å². The number of sulfonamides is 1. The van der Waals surface area contributed by atoms with E-state index in [1.807, 2.05) is 0 Å². The van der Waals surface area contributed by atoms with Crippen LogP contribution in [0.1, 0.15) is 17.5 Å². The second kappa shape index (κ2) is 5.97. The number of halogens is 2. The highest BCUT2D eigenvalue weighted by Crippen LogP contribution is 2.26. The molecule has 1 fully saturated rings. The zero-order valence-electron chi connectivity index (χ0n) is 11.4. The fraction of sp³-hybridized carbons (Fsp3) is 0.538. The third kappa shape index (κ3) is 2.83. The highest BCUT2D eigenvalue weighted by molar-refractivity contribution is 7.89. The van der Waals surface area contributed by atoms with Crippen LogP contribution in [0.2, 0.25) is 0 Å². The summed E-state index contributed by atoms with van der Waals surface area (Å²) >= 11 is 5.68.